The van der Waals surface area contributed by atoms with E-state index in [1.54, 1.807) is 0 Å². The van der Waals surface area contributed by atoms with E-state index < -0.39 is 0 Å². The first kappa shape index (κ1) is 16.7. The van der Waals surface area contributed by atoms with Gasteiger partial charge in [-0.15, -0.1) is 0 Å². The summed E-state index contributed by atoms with van der Waals surface area (Å²) in [7, 11) is 0. The predicted molar refractivity (Wildman–Crippen MR) is 95.2 cm³/mol. The standard InChI is InChI=1S/C18H21ClN4O/c1-3-16-10-17(21-13(2)20-16)22-8-9-23(18(24)12-22)11-14-4-6-15(19)7-5-14/h4-7,10H,3,8-9,11-12H2,1-2H3. The van der Waals surface area contributed by atoms with Gasteiger partial charge in [-0.25, -0.2) is 9.97 Å². The van der Waals surface area contributed by atoms with Crippen molar-refractivity contribution >= 4 is 23.3 Å². The number of nitrogens with zero attached hydrogens (tertiary/aromatic N) is 4. The molecule has 1 fully saturated rings. The molecule has 3 rings (SSSR count). The summed E-state index contributed by atoms with van der Waals surface area (Å²) in [4.78, 5) is 25.3. The Hall–Kier alpha value is -2.14. The molecule has 1 saturated heterocycles. The van der Waals surface area contributed by atoms with E-state index in [4.69, 9.17) is 11.6 Å². The second-order valence-electron chi connectivity index (χ2n) is 5.98. The van der Waals surface area contributed by atoms with Crippen LogP contribution < -0.4 is 4.90 Å². The van der Waals surface area contributed by atoms with Crippen LogP contribution in [0.1, 0.15) is 24.0 Å². The molecule has 0 bridgehead atoms. The fourth-order valence-electron chi connectivity index (χ4n) is 2.84. The lowest BCUT2D eigenvalue weighted by Gasteiger charge is -2.35. The van der Waals surface area contributed by atoms with Crippen molar-refractivity contribution in [1.82, 2.24) is 14.9 Å². The Morgan fingerprint density at radius 3 is 2.58 bits per heavy atom. The van der Waals surface area contributed by atoms with E-state index in [0.717, 1.165) is 35.9 Å². The second kappa shape index (κ2) is 7.18. The summed E-state index contributed by atoms with van der Waals surface area (Å²) in [6.45, 7) is 6.40. The summed E-state index contributed by atoms with van der Waals surface area (Å²) in [6, 6.07) is 9.61. The molecule has 0 unspecified atom stereocenters. The summed E-state index contributed by atoms with van der Waals surface area (Å²) < 4.78 is 0. The Balaban J connectivity index is 1.68. The molecule has 2 aromatic rings. The number of amides is 1. The van der Waals surface area contributed by atoms with Crippen molar-refractivity contribution in [2.45, 2.75) is 26.8 Å². The monoisotopic (exact) mass is 344 g/mol. The normalized spacial score (nSPS) is 15.0. The molecular weight excluding hydrogens is 324 g/mol. The molecule has 1 aliphatic rings. The van der Waals surface area contributed by atoms with Crippen molar-refractivity contribution in [1.29, 1.82) is 0 Å². The first-order valence-corrected chi connectivity index (χ1v) is 8.54. The van der Waals surface area contributed by atoms with Gasteiger partial charge in [-0.3, -0.25) is 4.79 Å². The molecule has 126 valence electrons. The van der Waals surface area contributed by atoms with Crippen LogP contribution in [-0.2, 0) is 17.8 Å². The highest BCUT2D eigenvalue weighted by Crippen LogP contribution is 2.18. The third kappa shape index (κ3) is 3.85. The molecule has 2 heterocycles. The number of carbonyl (C=O) groups is 1. The number of benzene rings is 1. The fraction of sp³-hybridized carbons (Fsp3) is 0.389. The number of hydrogen-bond acceptors (Lipinski definition) is 4. The maximum atomic E-state index is 12.5. The number of halogens is 1. The van der Waals surface area contributed by atoms with Crippen LogP contribution in [0, 0.1) is 6.92 Å². The van der Waals surface area contributed by atoms with Gasteiger partial charge in [-0.1, -0.05) is 30.7 Å². The van der Waals surface area contributed by atoms with E-state index in [1.165, 1.54) is 0 Å². The van der Waals surface area contributed by atoms with Crippen LogP contribution in [0.15, 0.2) is 30.3 Å². The van der Waals surface area contributed by atoms with Crippen LogP contribution in [0.2, 0.25) is 5.02 Å². The highest BCUT2D eigenvalue weighted by atomic mass is 35.5. The number of aromatic nitrogens is 2. The van der Waals surface area contributed by atoms with Crippen LogP contribution in [-0.4, -0.2) is 40.4 Å². The third-order valence-electron chi connectivity index (χ3n) is 4.17. The zero-order chi connectivity index (χ0) is 17.1. The van der Waals surface area contributed by atoms with Crippen LogP contribution in [0.5, 0.6) is 0 Å². The predicted octanol–water partition coefficient (Wildman–Crippen LogP) is 2.85. The van der Waals surface area contributed by atoms with Crippen molar-refractivity contribution in [2.24, 2.45) is 0 Å². The lowest BCUT2D eigenvalue weighted by Crippen LogP contribution is -2.50. The van der Waals surface area contributed by atoms with Crippen LogP contribution in [0.3, 0.4) is 0 Å². The zero-order valence-electron chi connectivity index (χ0n) is 14.0. The maximum Gasteiger partial charge on any atom is 0.242 e. The Labute approximate surface area is 147 Å². The molecule has 1 amide bonds. The van der Waals surface area contributed by atoms with Crippen molar-refractivity contribution < 1.29 is 4.79 Å². The molecule has 0 spiro atoms. The lowest BCUT2D eigenvalue weighted by molar-refractivity contribution is -0.131. The largest absolute Gasteiger partial charge is 0.345 e. The van der Waals surface area contributed by atoms with E-state index in [2.05, 4.69) is 16.9 Å². The van der Waals surface area contributed by atoms with Gasteiger partial charge in [-0.05, 0) is 31.0 Å². The molecule has 5 nitrogen and oxygen atoms in total. The number of anilines is 1. The van der Waals surface area contributed by atoms with Crippen LogP contribution in [0.4, 0.5) is 5.82 Å². The number of aryl methyl sites for hydroxylation is 2. The van der Waals surface area contributed by atoms with Crippen molar-refractivity contribution in [3.8, 4) is 0 Å². The minimum atomic E-state index is 0.116. The average molecular weight is 345 g/mol. The first-order valence-electron chi connectivity index (χ1n) is 8.17. The number of carbonyl (C=O) groups excluding carboxylic acids is 1. The molecule has 0 atom stereocenters. The van der Waals surface area contributed by atoms with E-state index in [1.807, 2.05) is 47.1 Å². The molecule has 0 radical (unpaired) electrons. The van der Waals surface area contributed by atoms with Gasteiger partial charge in [0.25, 0.3) is 0 Å². The summed E-state index contributed by atoms with van der Waals surface area (Å²) >= 11 is 5.91. The maximum absolute atomic E-state index is 12.5. The molecule has 0 saturated carbocycles. The van der Waals surface area contributed by atoms with Gasteiger partial charge in [-0.2, -0.15) is 0 Å². The van der Waals surface area contributed by atoms with Gasteiger partial charge in [0.15, 0.2) is 0 Å². The second-order valence-corrected chi connectivity index (χ2v) is 6.42. The lowest BCUT2D eigenvalue weighted by atomic mass is 10.2. The summed E-state index contributed by atoms with van der Waals surface area (Å²) in [5, 5.41) is 0.709. The van der Waals surface area contributed by atoms with E-state index in [9.17, 15) is 4.79 Å². The fourth-order valence-corrected chi connectivity index (χ4v) is 2.96. The Kier molecular flexibility index (Phi) is 5.00. The molecule has 1 aliphatic heterocycles. The highest BCUT2D eigenvalue weighted by Gasteiger charge is 2.25. The minimum Gasteiger partial charge on any atom is -0.345 e. The SMILES string of the molecule is CCc1cc(N2CCN(Cc3ccc(Cl)cc3)C(=O)C2)nc(C)n1. The molecule has 1 aromatic heterocycles. The van der Waals surface area contributed by atoms with E-state index >= 15 is 0 Å². The topological polar surface area (TPSA) is 49.3 Å². The van der Waals surface area contributed by atoms with Crippen LogP contribution >= 0.6 is 11.6 Å². The molecule has 6 heteroatoms. The molecular formula is C18H21ClN4O. The third-order valence-corrected chi connectivity index (χ3v) is 4.42. The minimum absolute atomic E-state index is 0.116. The quantitative estimate of drug-likeness (QED) is 0.855. The van der Waals surface area contributed by atoms with E-state index in [-0.39, 0.29) is 5.91 Å². The van der Waals surface area contributed by atoms with Gasteiger partial charge in [0.1, 0.15) is 11.6 Å². The van der Waals surface area contributed by atoms with E-state index in [0.29, 0.717) is 24.7 Å². The number of hydrogen-bond donors (Lipinski definition) is 0. The van der Waals surface area contributed by atoms with Gasteiger partial charge < -0.3 is 9.80 Å². The summed E-state index contributed by atoms with van der Waals surface area (Å²) in [6.07, 6.45) is 0.862. The Morgan fingerprint density at radius 2 is 1.92 bits per heavy atom. The molecule has 0 N–H and O–H groups in total. The Morgan fingerprint density at radius 1 is 1.17 bits per heavy atom. The van der Waals surface area contributed by atoms with Gasteiger partial charge in [0.05, 0.1) is 6.54 Å². The zero-order valence-corrected chi connectivity index (χ0v) is 14.8. The first-order chi connectivity index (χ1) is 11.5. The van der Waals surface area contributed by atoms with Gasteiger partial charge >= 0.3 is 0 Å². The summed E-state index contributed by atoms with van der Waals surface area (Å²) in [5.74, 6) is 1.71. The number of piperazine rings is 1. The average Bonchev–Trinajstić information content (AvgIpc) is 2.58. The van der Waals surface area contributed by atoms with Crippen LogP contribution in [0.25, 0.3) is 0 Å². The molecule has 24 heavy (non-hydrogen) atoms. The smallest absolute Gasteiger partial charge is 0.242 e. The van der Waals surface area contributed by atoms with Crippen molar-refractivity contribution in [3.05, 3.63) is 52.4 Å². The summed E-state index contributed by atoms with van der Waals surface area (Å²) in [5.41, 5.74) is 2.10. The molecule has 1 aromatic carbocycles. The highest BCUT2D eigenvalue weighted by molar-refractivity contribution is 6.30. The van der Waals surface area contributed by atoms with Gasteiger partial charge in [0.2, 0.25) is 5.91 Å². The van der Waals surface area contributed by atoms with Crippen molar-refractivity contribution in [3.63, 3.8) is 0 Å². The van der Waals surface area contributed by atoms with Gasteiger partial charge in [0, 0.05) is 36.4 Å². The molecule has 0 aliphatic carbocycles. The Bertz CT molecular complexity index is 732. The number of rotatable bonds is 4. The van der Waals surface area contributed by atoms with Crippen molar-refractivity contribution in [2.75, 3.05) is 24.5 Å².